The van der Waals surface area contributed by atoms with E-state index in [0.29, 0.717) is 6.10 Å². The molecule has 2 rings (SSSR count). The molecule has 0 unspecified atom stereocenters. The summed E-state index contributed by atoms with van der Waals surface area (Å²) in [6.07, 6.45) is 2.73. The average Bonchev–Trinajstić information content (AvgIpc) is 2.80. The Morgan fingerprint density at radius 1 is 1.50 bits per heavy atom. The van der Waals surface area contributed by atoms with Gasteiger partial charge in [-0.3, -0.25) is 0 Å². The fraction of sp³-hybridized carbons (Fsp3) is 0.909. The monoisotopic (exact) mass is 244 g/mol. The number of rotatable bonds is 2. The second-order valence-corrected chi connectivity index (χ2v) is 5.15. The lowest BCUT2D eigenvalue weighted by Crippen LogP contribution is -3.12. The van der Waals surface area contributed by atoms with E-state index in [-0.39, 0.29) is 0 Å². The fourth-order valence-corrected chi connectivity index (χ4v) is 2.48. The first-order valence-electron chi connectivity index (χ1n) is 6.21. The van der Waals surface area contributed by atoms with Crippen LogP contribution in [0, 0.1) is 0 Å². The minimum Gasteiger partial charge on any atom is -0.376 e. The van der Waals surface area contributed by atoms with Crippen LogP contribution in [0.1, 0.15) is 12.8 Å². The van der Waals surface area contributed by atoms with E-state index in [2.05, 4.69) is 17.3 Å². The normalized spacial score (nSPS) is 27.1. The van der Waals surface area contributed by atoms with Gasteiger partial charge in [0.05, 0.1) is 39.3 Å². The predicted octanol–water partition coefficient (Wildman–Crippen LogP) is -1.13. The molecule has 2 N–H and O–H groups in total. The molecule has 0 radical (unpaired) electrons. The lowest BCUT2D eigenvalue weighted by molar-refractivity contribution is -0.883. The maximum absolute atomic E-state index is 5.56. The SMILES string of the molecule is C[NH+]1CCN(C(=S)NC[C@@H]2CCCO2)CC1. The summed E-state index contributed by atoms with van der Waals surface area (Å²) in [5, 5.41) is 4.24. The van der Waals surface area contributed by atoms with Gasteiger partial charge in [0.25, 0.3) is 0 Å². The molecule has 2 saturated heterocycles. The van der Waals surface area contributed by atoms with Gasteiger partial charge in [-0.05, 0) is 25.1 Å². The third-order valence-electron chi connectivity index (χ3n) is 3.41. The summed E-state index contributed by atoms with van der Waals surface area (Å²) in [7, 11) is 2.24. The first-order chi connectivity index (χ1) is 7.75. The zero-order valence-corrected chi connectivity index (χ0v) is 10.8. The van der Waals surface area contributed by atoms with Crippen molar-refractivity contribution >= 4 is 17.3 Å². The number of thiocarbonyl (C=S) groups is 1. The maximum atomic E-state index is 5.56. The van der Waals surface area contributed by atoms with Crippen LogP contribution in [0.5, 0.6) is 0 Å². The van der Waals surface area contributed by atoms with Gasteiger partial charge in [0, 0.05) is 13.2 Å². The number of piperazine rings is 1. The molecule has 0 amide bonds. The molecule has 1 atom stereocenters. The highest BCUT2D eigenvalue weighted by atomic mass is 32.1. The molecular formula is C11H22N3OS+. The van der Waals surface area contributed by atoms with Crippen molar-refractivity contribution in [1.82, 2.24) is 10.2 Å². The summed E-state index contributed by atoms with van der Waals surface area (Å²) < 4.78 is 5.56. The third kappa shape index (κ3) is 3.30. The Balaban J connectivity index is 1.67. The highest BCUT2D eigenvalue weighted by Gasteiger charge is 2.20. The molecule has 5 heteroatoms. The van der Waals surface area contributed by atoms with E-state index in [4.69, 9.17) is 17.0 Å². The predicted molar refractivity (Wildman–Crippen MR) is 67.8 cm³/mol. The highest BCUT2D eigenvalue weighted by Crippen LogP contribution is 2.10. The Hall–Kier alpha value is -0.390. The van der Waals surface area contributed by atoms with E-state index in [0.717, 1.165) is 31.4 Å². The van der Waals surface area contributed by atoms with E-state index in [1.54, 1.807) is 4.90 Å². The lowest BCUT2D eigenvalue weighted by Gasteiger charge is -2.32. The van der Waals surface area contributed by atoms with E-state index in [1.165, 1.54) is 25.9 Å². The third-order valence-corrected chi connectivity index (χ3v) is 3.81. The Morgan fingerprint density at radius 3 is 2.88 bits per heavy atom. The molecule has 0 bridgehead atoms. The number of quaternary nitrogens is 1. The van der Waals surface area contributed by atoms with Crippen molar-refractivity contribution in [3.8, 4) is 0 Å². The minimum absolute atomic E-state index is 0.371. The number of nitrogens with one attached hydrogen (secondary N) is 2. The van der Waals surface area contributed by atoms with Crippen LogP contribution in [0.3, 0.4) is 0 Å². The molecule has 0 aliphatic carbocycles. The maximum Gasteiger partial charge on any atom is 0.169 e. The molecule has 92 valence electrons. The standard InChI is InChI=1S/C11H21N3OS/c1-13-4-6-14(7-5-13)11(16)12-9-10-3-2-8-15-10/h10H,2-9H2,1H3,(H,12,16)/p+1/t10-/m0/s1. The Morgan fingerprint density at radius 2 is 2.25 bits per heavy atom. The van der Waals surface area contributed by atoms with Gasteiger partial charge in [-0.15, -0.1) is 0 Å². The van der Waals surface area contributed by atoms with E-state index >= 15 is 0 Å². The van der Waals surface area contributed by atoms with Crippen molar-refractivity contribution in [2.75, 3.05) is 46.4 Å². The topological polar surface area (TPSA) is 28.9 Å². The zero-order valence-electron chi connectivity index (χ0n) is 10.00. The summed E-state index contributed by atoms with van der Waals surface area (Å²) in [6.45, 7) is 6.30. The summed E-state index contributed by atoms with van der Waals surface area (Å²) in [5.74, 6) is 0. The van der Waals surface area contributed by atoms with E-state index in [1.807, 2.05) is 0 Å². The first-order valence-corrected chi connectivity index (χ1v) is 6.62. The van der Waals surface area contributed by atoms with Crippen molar-refractivity contribution in [3.63, 3.8) is 0 Å². The van der Waals surface area contributed by atoms with Gasteiger partial charge in [-0.25, -0.2) is 0 Å². The molecule has 0 saturated carbocycles. The van der Waals surface area contributed by atoms with Crippen LogP contribution in [0.25, 0.3) is 0 Å². The Kier molecular flexibility index (Phi) is 4.37. The van der Waals surface area contributed by atoms with Crippen LogP contribution in [-0.2, 0) is 4.74 Å². The van der Waals surface area contributed by atoms with Gasteiger partial charge < -0.3 is 19.9 Å². The zero-order chi connectivity index (χ0) is 11.4. The van der Waals surface area contributed by atoms with E-state index < -0.39 is 0 Å². The van der Waals surface area contributed by atoms with Gasteiger partial charge in [-0.2, -0.15) is 0 Å². The quantitative estimate of drug-likeness (QED) is 0.602. The number of nitrogens with zero attached hydrogens (tertiary/aromatic N) is 1. The minimum atomic E-state index is 0.371. The molecule has 0 spiro atoms. The van der Waals surface area contributed by atoms with Crippen LogP contribution in [0.2, 0.25) is 0 Å². The summed E-state index contributed by atoms with van der Waals surface area (Å²) >= 11 is 5.40. The largest absolute Gasteiger partial charge is 0.376 e. The van der Waals surface area contributed by atoms with Gasteiger partial charge in [0.1, 0.15) is 0 Å². The summed E-state index contributed by atoms with van der Waals surface area (Å²) in [5.41, 5.74) is 0. The van der Waals surface area contributed by atoms with Crippen molar-refractivity contribution in [2.45, 2.75) is 18.9 Å². The van der Waals surface area contributed by atoms with Crippen LogP contribution < -0.4 is 10.2 Å². The number of hydrogen-bond acceptors (Lipinski definition) is 2. The van der Waals surface area contributed by atoms with Crippen LogP contribution in [0.15, 0.2) is 0 Å². The number of ether oxygens (including phenoxy) is 1. The van der Waals surface area contributed by atoms with Gasteiger partial charge in [0.15, 0.2) is 5.11 Å². The van der Waals surface area contributed by atoms with Crippen LogP contribution in [0.4, 0.5) is 0 Å². The average molecular weight is 244 g/mol. The molecule has 16 heavy (non-hydrogen) atoms. The van der Waals surface area contributed by atoms with Crippen molar-refractivity contribution < 1.29 is 9.64 Å². The van der Waals surface area contributed by atoms with Crippen molar-refractivity contribution in [3.05, 3.63) is 0 Å². The fourth-order valence-electron chi connectivity index (χ4n) is 2.21. The van der Waals surface area contributed by atoms with Crippen LogP contribution in [-0.4, -0.2) is 62.5 Å². The smallest absolute Gasteiger partial charge is 0.169 e. The molecular weight excluding hydrogens is 222 g/mol. The molecule has 2 fully saturated rings. The molecule has 0 aromatic heterocycles. The molecule has 0 aromatic rings. The van der Waals surface area contributed by atoms with E-state index in [9.17, 15) is 0 Å². The summed E-state index contributed by atoms with van der Waals surface area (Å²) in [4.78, 5) is 3.87. The molecule has 2 heterocycles. The number of hydrogen-bond donors (Lipinski definition) is 2. The molecule has 2 aliphatic rings. The highest BCUT2D eigenvalue weighted by molar-refractivity contribution is 7.80. The molecule has 4 nitrogen and oxygen atoms in total. The second kappa shape index (κ2) is 5.80. The van der Waals surface area contributed by atoms with Crippen LogP contribution >= 0.6 is 12.2 Å². The van der Waals surface area contributed by atoms with Gasteiger partial charge >= 0.3 is 0 Å². The van der Waals surface area contributed by atoms with Crippen molar-refractivity contribution in [2.24, 2.45) is 0 Å². The van der Waals surface area contributed by atoms with Gasteiger partial charge in [-0.1, -0.05) is 0 Å². The summed E-state index contributed by atoms with van der Waals surface area (Å²) in [6, 6.07) is 0. The number of likely N-dealkylation sites (N-methyl/N-ethyl adjacent to an activating group) is 1. The first kappa shape index (κ1) is 12.1. The Labute approximate surface area is 103 Å². The lowest BCUT2D eigenvalue weighted by atomic mass is 10.2. The van der Waals surface area contributed by atoms with Crippen molar-refractivity contribution in [1.29, 1.82) is 0 Å². The second-order valence-electron chi connectivity index (χ2n) is 4.77. The Bertz CT molecular complexity index is 235. The molecule has 2 aliphatic heterocycles. The molecule has 0 aromatic carbocycles. The van der Waals surface area contributed by atoms with Gasteiger partial charge in [0.2, 0.25) is 0 Å².